The highest BCUT2D eigenvalue weighted by Gasteiger charge is 2.46. The van der Waals surface area contributed by atoms with Gasteiger partial charge in [0.25, 0.3) is 0 Å². The van der Waals surface area contributed by atoms with E-state index in [1.165, 1.54) is 0 Å². The van der Waals surface area contributed by atoms with E-state index in [0.717, 1.165) is 12.8 Å². The van der Waals surface area contributed by atoms with Gasteiger partial charge in [-0.3, -0.25) is 0 Å². The molecule has 0 aliphatic carbocycles. The van der Waals surface area contributed by atoms with Crippen LogP contribution in [0, 0.1) is 17.5 Å². The van der Waals surface area contributed by atoms with Crippen LogP contribution in [-0.2, 0) is 5.60 Å². The largest absolute Gasteiger partial charge is 0.385 e. The second-order valence-electron chi connectivity index (χ2n) is 5.14. The van der Waals surface area contributed by atoms with Gasteiger partial charge < -0.3 is 5.11 Å². The Morgan fingerprint density at radius 2 is 1.56 bits per heavy atom. The van der Waals surface area contributed by atoms with Crippen molar-refractivity contribution in [2.24, 2.45) is 0 Å². The number of hydrogen-bond donors (Lipinski definition) is 1. The van der Waals surface area contributed by atoms with Gasteiger partial charge in [-0.1, -0.05) is 0 Å². The highest BCUT2D eigenvalue weighted by Crippen LogP contribution is 2.51. The molecular formula is C13H13F3OS. The zero-order valence-corrected chi connectivity index (χ0v) is 10.4. The van der Waals surface area contributed by atoms with Crippen LogP contribution in [0.4, 0.5) is 13.2 Å². The second-order valence-corrected chi connectivity index (χ2v) is 6.75. The summed E-state index contributed by atoms with van der Waals surface area (Å²) in [4.78, 5) is 0. The summed E-state index contributed by atoms with van der Waals surface area (Å²) in [5.41, 5.74) is -1.85. The minimum atomic E-state index is -1.49. The summed E-state index contributed by atoms with van der Waals surface area (Å²) in [7, 11) is 0. The van der Waals surface area contributed by atoms with Crippen LogP contribution in [0.3, 0.4) is 0 Å². The molecule has 2 saturated heterocycles. The van der Waals surface area contributed by atoms with Crippen molar-refractivity contribution >= 4 is 11.8 Å². The van der Waals surface area contributed by atoms with Gasteiger partial charge in [-0.05, 0) is 25.7 Å². The normalized spacial score (nSPS) is 34.9. The van der Waals surface area contributed by atoms with E-state index < -0.39 is 23.1 Å². The minimum absolute atomic E-state index is 0.248. The lowest BCUT2D eigenvalue weighted by atomic mass is 9.85. The van der Waals surface area contributed by atoms with Gasteiger partial charge in [0.15, 0.2) is 0 Å². The van der Waals surface area contributed by atoms with E-state index in [-0.39, 0.29) is 16.1 Å². The molecule has 1 aromatic rings. The first-order valence-corrected chi connectivity index (χ1v) is 6.95. The van der Waals surface area contributed by atoms with Crippen molar-refractivity contribution in [1.82, 2.24) is 0 Å². The molecule has 18 heavy (non-hydrogen) atoms. The van der Waals surface area contributed by atoms with Crippen LogP contribution in [0.25, 0.3) is 0 Å². The summed E-state index contributed by atoms with van der Waals surface area (Å²) >= 11 is 1.79. The minimum Gasteiger partial charge on any atom is -0.385 e. The van der Waals surface area contributed by atoms with Crippen molar-refractivity contribution in [3.05, 3.63) is 35.1 Å². The number of aliphatic hydroxyl groups is 1. The van der Waals surface area contributed by atoms with Crippen LogP contribution in [0.1, 0.15) is 31.2 Å². The molecule has 1 nitrogen and oxygen atoms in total. The molecule has 2 unspecified atom stereocenters. The molecule has 2 aliphatic heterocycles. The van der Waals surface area contributed by atoms with Crippen LogP contribution in [-0.4, -0.2) is 15.6 Å². The second kappa shape index (κ2) is 4.17. The van der Waals surface area contributed by atoms with E-state index in [2.05, 4.69) is 0 Å². The first-order valence-electron chi connectivity index (χ1n) is 6.01. The maximum absolute atomic E-state index is 13.8. The Balaban J connectivity index is 2.04. The molecule has 2 heterocycles. The van der Waals surface area contributed by atoms with Gasteiger partial charge in [0, 0.05) is 22.6 Å². The molecule has 2 aliphatic rings. The maximum Gasteiger partial charge on any atom is 0.135 e. The Labute approximate surface area is 107 Å². The molecule has 1 N–H and O–H groups in total. The molecule has 2 bridgehead atoms. The quantitative estimate of drug-likeness (QED) is 0.847. The van der Waals surface area contributed by atoms with Crippen LogP contribution in [0.2, 0.25) is 0 Å². The van der Waals surface area contributed by atoms with E-state index in [0.29, 0.717) is 25.0 Å². The molecule has 0 amide bonds. The first-order chi connectivity index (χ1) is 8.48. The van der Waals surface area contributed by atoms with E-state index >= 15 is 0 Å². The topological polar surface area (TPSA) is 20.2 Å². The summed E-state index contributed by atoms with van der Waals surface area (Å²) in [6, 6.07) is 1.28. The van der Waals surface area contributed by atoms with E-state index in [9.17, 15) is 18.3 Å². The molecule has 0 saturated carbocycles. The fraction of sp³-hybridized carbons (Fsp3) is 0.538. The average molecular weight is 274 g/mol. The third kappa shape index (κ3) is 1.93. The lowest BCUT2D eigenvalue weighted by Crippen LogP contribution is -2.36. The lowest BCUT2D eigenvalue weighted by Gasteiger charge is -2.36. The monoisotopic (exact) mass is 274 g/mol. The molecule has 0 aromatic heterocycles. The Morgan fingerprint density at radius 1 is 1.06 bits per heavy atom. The molecule has 98 valence electrons. The Hall–Kier alpha value is -0.680. The van der Waals surface area contributed by atoms with Crippen molar-refractivity contribution in [3.63, 3.8) is 0 Å². The SMILES string of the molecule is OC1(c2c(F)cc(F)cc2F)CC2CCC(C1)S2. The molecule has 1 aromatic carbocycles. The first kappa shape index (κ1) is 12.4. The van der Waals surface area contributed by atoms with Gasteiger partial charge in [0.2, 0.25) is 0 Å². The molecule has 5 heteroatoms. The number of benzene rings is 1. The zero-order valence-electron chi connectivity index (χ0n) is 9.63. The molecule has 2 fully saturated rings. The van der Waals surface area contributed by atoms with Gasteiger partial charge in [0.05, 0.1) is 11.2 Å². The smallest absolute Gasteiger partial charge is 0.135 e. The Morgan fingerprint density at radius 3 is 2.06 bits per heavy atom. The van der Waals surface area contributed by atoms with E-state index in [1.807, 2.05) is 0 Å². The number of thioether (sulfide) groups is 1. The molecular weight excluding hydrogens is 261 g/mol. The molecule has 2 atom stereocenters. The highest BCUT2D eigenvalue weighted by atomic mass is 32.2. The van der Waals surface area contributed by atoms with Crippen molar-refractivity contribution in [3.8, 4) is 0 Å². The van der Waals surface area contributed by atoms with Crippen LogP contribution in [0.5, 0.6) is 0 Å². The predicted molar refractivity (Wildman–Crippen MR) is 63.8 cm³/mol. The van der Waals surface area contributed by atoms with Crippen LogP contribution in [0.15, 0.2) is 12.1 Å². The summed E-state index contributed by atoms with van der Waals surface area (Å²) in [5, 5.41) is 11.1. The summed E-state index contributed by atoms with van der Waals surface area (Å²) < 4.78 is 40.4. The van der Waals surface area contributed by atoms with Crippen molar-refractivity contribution in [2.45, 2.75) is 41.8 Å². The predicted octanol–water partition coefficient (Wildman–Crippen LogP) is 3.35. The number of fused-ring (bicyclic) bond motifs is 2. The van der Waals surface area contributed by atoms with Gasteiger partial charge in [0.1, 0.15) is 17.5 Å². The lowest BCUT2D eigenvalue weighted by molar-refractivity contribution is 0.0125. The van der Waals surface area contributed by atoms with Crippen LogP contribution >= 0.6 is 11.8 Å². The van der Waals surface area contributed by atoms with Gasteiger partial charge in [-0.15, -0.1) is 0 Å². The van der Waals surface area contributed by atoms with Crippen molar-refractivity contribution < 1.29 is 18.3 Å². The zero-order chi connectivity index (χ0) is 12.9. The third-order valence-corrected chi connectivity index (χ3v) is 5.37. The number of rotatable bonds is 1. The fourth-order valence-corrected chi connectivity index (χ4v) is 4.94. The van der Waals surface area contributed by atoms with Gasteiger partial charge in [-0.25, -0.2) is 13.2 Å². The maximum atomic E-state index is 13.8. The third-order valence-electron chi connectivity index (χ3n) is 3.80. The van der Waals surface area contributed by atoms with E-state index in [1.54, 1.807) is 11.8 Å². The summed E-state index contributed by atoms with van der Waals surface area (Å²) in [6.45, 7) is 0. The number of halogens is 3. The van der Waals surface area contributed by atoms with Crippen molar-refractivity contribution in [1.29, 1.82) is 0 Å². The summed E-state index contributed by atoms with van der Waals surface area (Å²) in [6.07, 6.45) is 2.63. The van der Waals surface area contributed by atoms with Crippen molar-refractivity contribution in [2.75, 3.05) is 0 Å². The number of hydrogen-bond acceptors (Lipinski definition) is 2. The average Bonchev–Trinajstić information content (AvgIpc) is 2.56. The summed E-state index contributed by atoms with van der Waals surface area (Å²) in [5.74, 6) is -2.92. The Bertz CT molecular complexity index is 456. The standard InChI is InChI=1S/C13H13F3OS/c14-7-3-10(15)12(11(16)4-7)13(17)5-8-1-2-9(6-13)18-8/h3-4,8-9,17H,1-2,5-6H2. The fourth-order valence-electron chi connectivity index (χ4n) is 3.11. The molecule has 0 radical (unpaired) electrons. The Kier molecular flexibility index (Phi) is 2.86. The van der Waals surface area contributed by atoms with Gasteiger partial charge >= 0.3 is 0 Å². The van der Waals surface area contributed by atoms with E-state index in [4.69, 9.17) is 0 Å². The van der Waals surface area contributed by atoms with Crippen LogP contribution < -0.4 is 0 Å². The van der Waals surface area contributed by atoms with Gasteiger partial charge in [-0.2, -0.15) is 11.8 Å². The highest BCUT2D eigenvalue weighted by molar-refractivity contribution is 8.00. The molecule has 3 rings (SSSR count). The molecule has 0 spiro atoms.